The van der Waals surface area contributed by atoms with Gasteiger partial charge >= 0.3 is 5.97 Å². The van der Waals surface area contributed by atoms with Crippen molar-refractivity contribution >= 4 is 5.97 Å². The van der Waals surface area contributed by atoms with Crippen molar-refractivity contribution in [3.05, 3.63) is 0 Å². The number of unbranched alkanes of at least 4 members (excludes halogenated alkanes) is 14. The van der Waals surface area contributed by atoms with Crippen LogP contribution in [0.5, 0.6) is 0 Å². The fraction of sp³-hybridized carbons (Fsp3) is 0.964. The maximum atomic E-state index is 12.7. The maximum Gasteiger partial charge on any atom is 0.308 e. The van der Waals surface area contributed by atoms with Gasteiger partial charge in [-0.05, 0) is 45.7 Å². The standard InChI is InChI=1S/C28H57NO4/c1-3-29(2)23-20-26-33-28(32)27(21-16-12-8-4-6-10-14-18-24-30)22-17-13-9-5-7-11-15-19-25-31/h27,30-31H,3-26H2,1-2H3. The number of aliphatic hydroxyl groups excluding tert-OH is 2. The quantitative estimate of drug-likeness (QED) is 0.111. The molecule has 0 spiro atoms. The van der Waals surface area contributed by atoms with Crippen molar-refractivity contribution in [1.82, 2.24) is 4.90 Å². The summed E-state index contributed by atoms with van der Waals surface area (Å²) >= 11 is 0. The highest BCUT2D eigenvalue weighted by molar-refractivity contribution is 5.72. The normalized spacial score (nSPS) is 11.6. The van der Waals surface area contributed by atoms with Gasteiger partial charge in [-0.1, -0.05) is 96.8 Å². The highest BCUT2D eigenvalue weighted by atomic mass is 16.5. The van der Waals surface area contributed by atoms with Crippen molar-refractivity contribution in [3.63, 3.8) is 0 Å². The molecule has 0 saturated heterocycles. The molecule has 33 heavy (non-hydrogen) atoms. The third-order valence-electron chi connectivity index (χ3n) is 6.72. The number of carbonyl (C=O) groups excluding carboxylic acids is 1. The predicted octanol–water partition coefficient (Wildman–Crippen LogP) is 6.49. The number of rotatable bonds is 26. The molecule has 0 rings (SSSR count). The molecule has 0 bridgehead atoms. The Labute approximate surface area is 205 Å². The molecule has 0 aromatic rings. The fourth-order valence-electron chi connectivity index (χ4n) is 4.29. The van der Waals surface area contributed by atoms with Gasteiger partial charge in [0, 0.05) is 19.8 Å². The molecule has 5 heteroatoms. The first-order valence-electron chi connectivity index (χ1n) is 14.2. The van der Waals surface area contributed by atoms with Crippen LogP contribution in [0.15, 0.2) is 0 Å². The van der Waals surface area contributed by atoms with Crippen LogP contribution in [0.1, 0.15) is 129 Å². The molecule has 0 aliphatic carbocycles. The van der Waals surface area contributed by atoms with Gasteiger partial charge in [-0.2, -0.15) is 0 Å². The van der Waals surface area contributed by atoms with Gasteiger partial charge in [-0.3, -0.25) is 4.79 Å². The van der Waals surface area contributed by atoms with Crippen LogP contribution in [0, 0.1) is 5.92 Å². The molecule has 2 N–H and O–H groups in total. The van der Waals surface area contributed by atoms with Gasteiger partial charge in [0.1, 0.15) is 0 Å². The molecule has 0 unspecified atom stereocenters. The molecular formula is C28H57NO4. The number of hydrogen-bond acceptors (Lipinski definition) is 5. The average molecular weight is 472 g/mol. The summed E-state index contributed by atoms with van der Waals surface area (Å²) in [4.78, 5) is 15.0. The summed E-state index contributed by atoms with van der Waals surface area (Å²) in [5.74, 6) is 0.102. The van der Waals surface area contributed by atoms with Crippen molar-refractivity contribution in [2.75, 3.05) is 40.0 Å². The van der Waals surface area contributed by atoms with Gasteiger partial charge in [0.15, 0.2) is 0 Å². The lowest BCUT2D eigenvalue weighted by atomic mass is 9.94. The highest BCUT2D eigenvalue weighted by Crippen LogP contribution is 2.21. The average Bonchev–Trinajstić information content (AvgIpc) is 2.82. The number of nitrogens with zero attached hydrogens (tertiary/aromatic N) is 1. The second-order valence-corrected chi connectivity index (χ2v) is 9.80. The van der Waals surface area contributed by atoms with Crippen LogP contribution in [0.25, 0.3) is 0 Å². The van der Waals surface area contributed by atoms with E-state index >= 15 is 0 Å². The van der Waals surface area contributed by atoms with Crippen LogP contribution >= 0.6 is 0 Å². The Balaban J connectivity index is 4.07. The van der Waals surface area contributed by atoms with Crippen molar-refractivity contribution in [3.8, 4) is 0 Å². The Kier molecular flexibility index (Phi) is 25.5. The Morgan fingerprint density at radius 3 is 1.45 bits per heavy atom. The van der Waals surface area contributed by atoms with Gasteiger partial charge in [-0.15, -0.1) is 0 Å². The van der Waals surface area contributed by atoms with E-state index in [1.807, 2.05) is 0 Å². The molecule has 0 radical (unpaired) electrons. The lowest BCUT2D eigenvalue weighted by Gasteiger charge is -2.17. The summed E-state index contributed by atoms with van der Waals surface area (Å²) in [6, 6.07) is 0. The topological polar surface area (TPSA) is 70.0 Å². The molecular weight excluding hydrogens is 414 g/mol. The zero-order valence-electron chi connectivity index (χ0n) is 22.2. The predicted molar refractivity (Wildman–Crippen MR) is 140 cm³/mol. The molecule has 0 saturated carbocycles. The minimum atomic E-state index is 0.0298. The van der Waals surface area contributed by atoms with Crippen molar-refractivity contribution in [2.24, 2.45) is 5.92 Å². The van der Waals surface area contributed by atoms with E-state index in [4.69, 9.17) is 14.9 Å². The number of carbonyl (C=O) groups is 1. The Morgan fingerprint density at radius 1 is 0.667 bits per heavy atom. The van der Waals surface area contributed by atoms with E-state index in [2.05, 4.69) is 18.9 Å². The van der Waals surface area contributed by atoms with E-state index in [0.717, 1.165) is 70.9 Å². The third kappa shape index (κ3) is 22.9. The van der Waals surface area contributed by atoms with E-state index in [1.54, 1.807) is 0 Å². The van der Waals surface area contributed by atoms with Crippen LogP contribution in [0.2, 0.25) is 0 Å². The van der Waals surface area contributed by atoms with Gasteiger partial charge in [0.25, 0.3) is 0 Å². The minimum absolute atomic E-state index is 0.0298. The number of ether oxygens (including phenoxy) is 1. The van der Waals surface area contributed by atoms with Gasteiger partial charge in [0.05, 0.1) is 12.5 Å². The third-order valence-corrected chi connectivity index (χ3v) is 6.72. The van der Waals surface area contributed by atoms with Crippen molar-refractivity contribution < 1.29 is 19.7 Å². The highest BCUT2D eigenvalue weighted by Gasteiger charge is 2.19. The van der Waals surface area contributed by atoms with Crippen molar-refractivity contribution in [2.45, 2.75) is 129 Å². The molecule has 0 amide bonds. The molecule has 198 valence electrons. The van der Waals surface area contributed by atoms with Crippen molar-refractivity contribution in [1.29, 1.82) is 0 Å². The number of aliphatic hydroxyl groups is 2. The summed E-state index contributed by atoms with van der Waals surface area (Å²) in [6.07, 6.45) is 21.7. The second-order valence-electron chi connectivity index (χ2n) is 9.80. The second kappa shape index (κ2) is 26.0. The molecule has 5 nitrogen and oxygen atoms in total. The molecule has 0 aromatic heterocycles. The number of esters is 1. The Bertz CT molecular complexity index is 383. The summed E-state index contributed by atoms with van der Waals surface area (Å²) in [5, 5.41) is 17.7. The molecule has 0 aliphatic rings. The smallest absolute Gasteiger partial charge is 0.308 e. The van der Waals surface area contributed by atoms with E-state index in [0.29, 0.717) is 19.8 Å². The van der Waals surface area contributed by atoms with Crippen LogP contribution < -0.4 is 0 Å². The fourth-order valence-corrected chi connectivity index (χ4v) is 4.29. The SMILES string of the molecule is CCN(C)CCCOC(=O)C(CCCCCCCCCCO)CCCCCCCCCCO. The first kappa shape index (κ1) is 32.4. The van der Waals surface area contributed by atoms with Crippen LogP contribution in [0.3, 0.4) is 0 Å². The van der Waals surface area contributed by atoms with Crippen LogP contribution in [-0.4, -0.2) is 61.0 Å². The summed E-state index contributed by atoms with van der Waals surface area (Å²) < 4.78 is 5.66. The zero-order chi connectivity index (χ0) is 24.4. The van der Waals surface area contributed by atoms with Gasteiger partial charge < -0.3 is 19.8 Å². The molecule has 0 heterocycles. The molecule has 0 fully saturated rings. The molecule has 0 atom stereocenters. The lowest BCUT2D eigenvalue weighted by Crippen LogP contribution is -2.23. The molecule has 0 aliphatic heterocycles. The van der Waals surface area contributed by atoms with Gasteiger partial charge in [-0.25, -0.2) is 0 Å². The van der Waals surface area contributed by atoms with Crippen LogP contribution in [0.4, 0.5) is 0 Å². The Hall–Kier alpha value is -0.650. The molecule has 0 aromatic carbocycles. The van der Waals surface area contributed by atoms with E-state index in [9.17, 15) is 4.79 Å². The Morgan fingerprint density at radius 2 is 1.06 bits per heavy atom. The maximum absolute atomic E-state index is 12.7. The first-order chi connectivity index (χ1) is 16.2. The summed E-state index contributed by atoms with van der Waals surface area (Å²) in [7, 11) is 2.10. The van der Waals surface area contributed by atoms with Gasteiger partial charge in [0.2, 0.25) is 0 Å². The largest absolute Gasteiger partial charge is 0.465 e. The summed E-state index contributed by atoms with van der Waals surface area (Å²) in [6.45, 7) is 5.33. The minimum Gasteiger partial charge on any atom is -0.465 e. The van der Waals surface area contributed by atoms with Crippen LogP contribution in [-0.2, 0) is 9.53 Å². The van der Waals surface area contributed by atoms with E-state index in [1.165, 1.54) is 64.2 Å². The van der Waals surface area contributed by atoms with E-state index in [-0.39, 0.29) is 11.9 Å². The lowest BCUT2D eigenvalue weighted by molar-refractivity contribution is -0.149. The summed E-state index contributed by atoms with van der Waals surface area (Å²) in [5.41, 5.74) is 0. The zero-order valence-corrected chi connectivity index (χ0v) is 22.2. The number of hydrogen-bond donors (Lipinski definition) is 2. The first-order valence-corrected chi connectivity index (χ1v) is 14.2. The van der Waals surface area contributed by atoms with E-state index < -0.39 is 0 Å². The monoisotopic (exact) mass is 471 g/mol.